The highest BCUT2D eigenvalue weighted by atomic mass is 19.4. The molecule has 0 unspecified atom stereocenters. The normalized spacial score (nSPS) is 11.9. The number of nitrogens with zero attached hydrogens (tertiary/aromatic N) is 4. The Hall–Kier alpha value is -3.10. The number of ether oxygens (including phenoxy) is 1. The molecule has 0 aliphatic heterocycles. The van der Waals surface area contributed by atoms with Gasteiger partial charge < -0.3 is 9.64 Å². The number of fused-ring (bicyclic) bond motifs is 1. The van der Waals surface area contributed by atoms with Crippen LogP contribution in [0.25, 0.3) is 11.0 Å². The first-order valence-electron chi connectivity index (χ1n) is 9.01. The van der Waals surface area contributed by atoms with Crippen LogP contribution in [0.5, 0.6) is 5.75 Å². The molecule has 29 heavy (non-hydrogen) atoms. The van der Waals surface area contributed by atoms with Gasteiger partial charge in [-0.05, 0) is 32.9 Å². The van der Waals surface area contributed by atoms with E-state index in [1.54, 1.807) is 29.9 Å². The molecule has 3 rings (SSSR count). The van der Waals surface area contributed by atoms with Crippen LogP contribution in [0.2, 0.25) is 0 Å². The number of hydrogen-bond acceptors (Lipinski definition) is 4. The van der Waals surface area contributed by atoms with Crippen LogP contribution in [-0.2, 0) is 6.54 Å². The zero-order chi connectivity index (χ0) is 21.3. The molecule has 2 aromatic heterocycles. The van der Waals surface area contributed by atoms with Gasteiger partial charge >= 0.3 is 6.36 Å². The standard InChI is InChI=1S/C20H21F3N4O2/c1-12(2)27-18-16(10-24-27)15(9-13(3)25-18)19(28)26(4)11-14-7-5-6-8-17(14)29-20(21,22)23/h5-10,12H,11H2,1-4H3. The molecule has 0 atom stereocenters. The summed E-state index contributed by atoms with van der Waals surface area (Å²) < 4.78 is 43.8. The summed E-state index contributed by atoms with van der Waals surface area (Å²) in [6.07, 6.45) is -3.22. The number of aromatic nitrogens is 3. The van der Waals surface area contributed by atoms with E-state index in [2.05, 4.69) is 14.8 Å². The van der Waals surface area contributed by atoms with Gasteiger partial charge in [-0.1, -0.05) is 18.2 Å². The van der Waals surface area contributed by atoms with Crippen molar-refractivity contribution in [1.29, 1.82) is 0 Å². The van der Waals surface area contributed by atoms with Crippen LogP contribution in [0.4, 0.5) is 13.2 Å². The number of rotatable bonds is 5. The van der Waals surface area contributed by atoms with Gasteiger partial charge in [-0.25, -0.2) is 9.67 Å². The molecule has 0 spiro atoms. The summed E-state index contributed by atoms with van der Waals surface area (Å²) >= 11 is 0. The molecule has 9 heteroatoms. The minimum absolute atomic E-state index is 0.0493. The fourth-order valence-corrected chi connectivity index (χ4v) is 3.09. The van der Waals surface area contributed by atoms with Crippen LogP contribution in [0.1, 0.15) is 41.5 Å². The smallest absolute Gasteiger partial charge is 0.405 e. The third-order valence-electron chi connectivity index (χ3n) is 4.37. The maximum atomic E-state index is 13.1. The molecule has 154 valence electrons. The predicted octanol–water partition coefficient (Wildman–Crippen LogP) is 4.49. The zero-order valence-corrected chi connectivity index (χ0v) is 16.5. The van der Waals surface area contributed by atoms with Gasteiger partial charge in [0.25, 0.3) is 5.91 Å². The Kier molecular flexibility index (Phi) is 5.50. The van der Waals surface area contributed by atoms with Gasteiger partial charge in [0.1, 0.15) is 5.75 Å². The maximum Gasteiger partial charge on any atom is 0.573 e. The lowest BCUT2D eigenvalue weighted by Gasteiger charge is -2.20. The van der Waals surface area contributed by atoms with Gasteiger partial charge in [-0.15, -0.1) is 13.2 Å². The van der Waals surface area contributed by atoms with Crippen molar-refractivity contribution in [2.45, 2.75) is 39.7 Å². The first-order valence-corrected chi connectivity index (χ1v) is 9.01. The van der Waals surface area contributed by atoms with E-state index in [0.29, 0.717) is 22.3 Å². The zero-order valence-electron chi connectivity index (χ0n) is 16.5. The summed E-state index contributed by atoms with van der Waals surface area (Å²) in [5, 5.41) is 4.91. The average Bonchev–Trinajstić information content (AvgIpc) is 3.04. The topological polar surface area (TPSA) is 60.3 Å². The van der Waals surface area contributed by atoms with E-state index in [-0.39, 0.29) is 29.8 Å². The van der Waals surface area contributed by atoms with Crippen molar-refractivity contribution in [1.82, 2.24) is 19.7 Å². The summed E-state index contributed by atoms with van der Waals surface area (Å²) in [5.41, 5.74) is 1.90. The summed E-state index contributed by atoms with van der Waals surface area (Å²) in [4.78, 5) is 18.9. The Labute approximate surface area is 165 Å². The Morgan fingerprint density at radius 1 is 1.28 bits per heavy atom. The molecule has 3 aromatic rings. The minimum Gasteiger partial charge on any atom is -0.405 e. The molecule has 0 bridgehead atoms. The van der Waals surface area contributed by atoms with Crippen LogP contribution in [0, 0.1) is 6.92 Å². The number of benzene rings is 1. The first kappa shape index (κ1) is 20.6. The van der Waals surface area contributed by atoms with E-state index in [1.807, 2.05) is 13.8 Å². The lowest BCUT2D eigenvalue weighted by molar-refractivity contribution is -0.275. The third kappa shape index (κ3) is 4.49. The van der Waals surface area contributed by atoms with E-state index < -0.39 is 6.36 Å². The summed E-state index contributed by atoms with van der Waals surface area (Å²) in [6, 6.07) is 7.48. The van der Waals surface area contributed by atoms with Gasteiger partial charge in [-0.2, -0.15) is 5.10 Å². The second-order valence-electron chi connectivity index (χ2n) is 7.05. The third-order valence-corrected chi connectivity index (χ3v) is 4.37. The number of alkyl halides is 3. The quantitative estimate of drug-likeness (QED) is 0.626. The molecule has 0 N–H and O–H groups in total. The summed E-state index contributed by atoms with van der Waals surface area (Å²) in [7, 11) is 1.53. The van der Waals surface area contributed by atoms with E-state index >= 15 is 0 Å². The number of para-hydroxylation sites is 1. The number of carbonyl (C=O) groups excluding carboxylic acids is 1. The molecule has 6 nitrogen and oxygen atoms in total. The summed E-state index contributed by atoms with van der Waals surface area (Å²) in [6.45, 7) is 5.65. The Morgan fingerprint density at radius 2 is 1.97 bits per heavy atom. The van der Waals surface area contributed by atoms with Gasteiger partial charge in [0.05, 0.1) is 17.1 Å². The fraction of sp³-hybridized carbons (Fsp3) is 0.350. The van der Waals surface area contributed by atoms with Gasteiger partial charge in [0.15, 0.2) is 5.65 Å². The number of amides is 1. The highest BCUT2D eigenvalue weighted by Crippen LogP contribution is 2.28. The molecule has 1 aromatic carbocycles. The van der Waals surface area contributed by atoms with Crippen molar-refractivity contribution in [2.75, 3.05) is 7.05 Å². The number of hydrogen-bond donors (Lipinski definition) is 0. The minimum atomic E-state index is -4.81. The van der Waals surface area contributed by atoms with Gasteiger partial charge in [0, 0.05) is 30.9 Å². The van der Waals surface area contributed by atoms with Crippen molar-refractivity contribution < 1.29 is 22.7 Å². The molecule has 0 radical (unpaired) electrons. The monoisotopic (exact) mass is 406 g/mol. The highest BCUT2D eigenvalue weighted by molar-refractivity contribution is 6.05. The van der Waals surface area contributed by atoms with Crippen molar-refractivity contribution >= 4 is 16.9 Å². The SMILES string of the molecule is Cc1cc(C(=O)N(C)Cc2ccccc2OC(F)(F)F)c2cnn(C(C)C)c2n1. The molecular formula is C20H21F3N4O2. The Morgan fingerprint density at radius 3 is 2.62 bits per heavy atom. The Bertz CT molecular complexity index is 1040. The lowest BCUT2D eigenvalue weighted by atomic mass is 10.1. The molecular weight excluding hydrogens is 385 g/mol. The molecule has 0 fully saturated rings. The summed E-state index contributed by atoms with van der Waals surface area (Å²) in [5.74, 6) is -0.672. The van der Waals surface area contributed by atoms with E-state index in [1.165, 1.54) is 30.1 Å². The molecule has 2 heterocycles. The molecule has 1 amide bonds. The first-order chi connectivity index (χ1) is 13.6. The Balaban J connectivity index is 1.93. The number of carbonyl (C=O) groups is 1. The molecule has 0 aliphatic rings. The highest BCUT2D eigenvalue weighted by Gasteiger charge is 2.32. The van der Waals surface area contributed by atoms with Crippen LogP contribution in [0.15, 0.2) is 36.5 Å². The average molecular weight is 406 g/mol. The van der Waals surface area contributed by atoms with E-state index in [0.717, 1.165) is 0 Å². The lowest BCUT2D eigenvalue weighted by Crippen LogP contribution is -2.27. The van der Waals surface area contributed by atoms with Crippen LogP contribution in [0.3, 0.4) is 0 Å². The second-order valence-corrected chi connectivity index (χ2v) is 7.05. The van der Waals surface area contributed by atoms with E-state index in [9.17, 15) is 18.0 Å². The van der Waals surface area contributed by atoms with Crippen LogP contribution in [-0.4, -0.2) is 39.0 Å². The van der Waals surface area contributed by atoms with Gasteiger partial charge in [0.2, 0.25) is 0 Å². The van der Waals surface area contributed by atoms with Crippen molar-refractivity contribution in [3.05, 3.63) is 53.3 Å². The largest absolute Gasteiger partial charge is 0.573 e. The molecule has 0 saturated carbocycles. The van der Waals surface area contributed by atoms with Crippen LogP contribution >= 0.6 is 0 Å². The van der Waals surface area contributed by atoms with Crippen molar-refractivity contribution in [2.24, 2.45) is 0 Å². The predicted molar refractivity (Wildman–Crippen MR) is 102 cm³/mol. The number of pyridine rings is 1. The van der Waals surface area contributed by atoms with Crippen LogP contribution < -0.4 is 4.74 Å². The molecule has 0 saturated heterocycles. The van der Waals surface area contributed by atoms with E-state index in [4.69, 9.17) is 0 Å². The second kappa shape index (κ2) is 7.73. The van der Waals surface area contributed by atoms with Crippen molar-refractivity contribution in [3.8, 4) is 5.75 Å². The fourth-order valence-electron chi connectivity index (χ4n) is 3.09. The van der Waals surface area contributed by atoms with Gasteiger partial charge in [-0.3, -0.25) is 4.79 Å². The number of aryl methyl sites for hydroxylation is 1. The van der Waals surface area contributed by atoms with Crippen molar-refractivity contribution in [3.63, 3.8) is 0 Å². The molecule has 0 aliphatic carbocycles. The maximum absolute atomic E-state index is 13.1. The number of halogens is 3.